The Morgan fingerprint density at radius 3 is 2.65 bits per heavy atom. The van der Waals surface area contributed by atoms with Gasteiger partial charge in [-0.05, 0) is 45.7 Å². The van der Waals surface area contributed by atoms with Crippen molar-refractivity contribution in [2.24, 2.45) is 5.92 Å². The highest BCUT2D eigenvalue weighted by molar-refractivity contribution is 5.82. The zero-order valence-corrected chi connectivity index (χ0v) is 14.1. The zero-order valence-electron chi connectivity index (χ0n) is 14.1. The molecule has 1 aromatic carbocycles. The molecule has 0 aromatic heterocycles. The van der Waals surface area contributed by atoms with Gasteiger partial charge in [-0.25, -0.2) is 0 Å². The minimum absolute atomic E-state index is 0.0837. The quantitative estimate of drug-likeness (QED) is 0.783. The lowest BCUT2D eigenvalue weighted by molar-refractivity contribution is -0.152. The number of piperidine rings is 1. The number of carbonyl (C=O) groups excluding carboxylic acids is 2. The van der Waals surface area contributed by atoms with Crippen molar-refractivity contribution in [3.05, 3.63) is 29.8 Å². The van der Waals surface area contributed by atoms with Crippen molar-refractivity contribution >= 4 is 11.9 Å². The predicted octanol–water partition coefficient (Wildman–Crippen LogP) is 2.56. The summed E-state index contributed by atoms with van der Waals surface area (Å²) in [6.07, 6.45) is 1.01. The standard InChI is InChI=1S/C18H25NO4/c1-4-22-18(21)15-6-5-11-19(12-15)17(20)14(3)23-16-9-7-13(2)8-10-16/h7-10,14-15H,4-6,11-12H2,1-3H3/t14-,15-/m0/s1. The highest BCUT2D eigenvalue weighted by Crippen LogP contribution is 2.20. The van der Waals surface area contributed by atoms with Gasteiger partial charge in [0.1, 0.15) is 5.75 Å². The van der Waals surface area contributed by atoms with Crippen LogP contribution in [0.2, 0.25) is 0 Å². The molecule has 0 unspecified atom stereocenters. The Kier molecular flexibility index (Phi) is 6.02. The third-order valence-corrected chi connectivity index (χ3v) is 4.03. The van der Waals surface area contributed by atoms with Crippen molar-refractivity contribution in [1.29, 1.82) is 0 Å². The first-order chi connectivity index (χ1) is 11.0. The molecule has 0 aliphatic carbocycles. The van der Waals surface area contributed by atoms with Gasteiger partial charge >= 0.3 is 5.97 Å². The van der Waals surface area contributed by atoms with Crippen LogP contribution in [-0.4, -0.2) is 42.6 Å². The smallest absolute Gasteiger partial charge is 0.310 e. The molecule has 0 saturated carbocycles. The Morgan fingerprint density at radius 2 is 2.00 bits per heavy atom. The molecular weight excluding hydrogens is 294 g/mol. The summed E-state index contributed by atoms with van der Waals surface area (Å²) in [6.45, 7) is 6.99. The van der Waals surface area contributed by atoms with Gasteiger partial charge in [0, 0.05) is 13.1 Å². The van der Waals surface area contributed by atoms with Gasteiger partial charge in [0.25, 0.3) is 5.91 Å². The molecule has 0 bridgehead atoms. The second kappa shape index (κ2) is 7.99. The van der Waals surface area contributed by atoms with Crippen LogP contribution >= 0.6 is 0 Å². The number of amides is 1. The zero-order chi connectivity index (χ0) is 16.8. The normalized spacial score (nSPS) is 19.1. The fourth-order valence-corrected chi connectivity index (χ4v) is 2.76. The van der Waals surface area contributed by atoms with Crippen LogP contribution in [0.25, 0.3) is 0 Å². The first kappa shape index (κ1) is 17.3. The number of likely N-dealkylation sites (tertiary alicyclic amines) is 1. The second-order valence-electron chi connectivity index (χ2n) is 5.95. The Labute approximate surface area is 137 Å². The van der Waals surface area contributed by atoms with Crippen molar-refractivity contribution < 1.29 is 19.1 Å². The summed E-state index contributed by atoms with van der Waals surface area (Å²) in [6, 6.07) is 7.61. The van der Waals surface area contributed by atoms with Crippen LogP contribution in [0.4, 0.5) is 0 Å². The van der Waals surface area contributed by atoms with E-state index in [1.807, 2.05) is 31.2 Å². The lowest BCUT2D eigenvalue weighted by atomic mass is 9.98. The number of ether oxygens (including phenoxy) is 2. The fourth-order valence-electron chi connectivity index (χ4n) is 2.76. The minimum atomic E-state index is -0.571. The summed E-state index contributed by atoms with van der Waals surface area (Å²) < 4.78 is 10.8. The molecule has 2 atom stereocenters. The lowest BCUT2D eigenvalue weighted by Gasteiger charge is -2.33. The first-order valence-corrected chi connectivity index (χ1v) is 8.20. The molecule has 0 N–H and O–H groups in total. The number of esters is 1. The Morgan fingerprint density at radius 1 is 1.30 bits per heavy atom. The summed E-state index contributed by atoms with van der Waals surface area (Å²) >= 11 is 0. The summed E-state index contributed by atoms with van der Waals surface area (Å²) in [7, 11) is 0. The third-order valence-electron chi connectivity index (χ3n) is 4.03. The monoisotopic (exact) mass is 319 g/mol. The van der Waals surface area contributed by atoms with Crippen LogP contribution in [0.1, 0.15) is 32.3 Å². The molecule has 126 valence electrons. The molecule has 23 heavy (non-hydrogen) atoms. The number of nitrogens with zero attached hydrogens (tertiary/aromatic N) is 1. The highest BCUT2D eigenvalue weighted by Gasteiger charge is 2.31. The van der Waals surface area contributed by atoms with Crippen LogP contribution in [0.15, 0.2) is 24.3 Å². The number of benzene rings is 1. The van der Waals surface area contributed by atoms with Gasteiger partial charge in [-0.3, -0.25) is 9.59 Å². The van der Waals surface area contributed by atoms with Gasteiger partial charge < -0.3 is 14.4 Å². The van der Waals surface area contributed by atoms with Crippen molar-refractivity contribution in [3.63, 3.8) is 0 Å². The van der Waals surface area contributed by atoms with Crippen LogP contribution in [0, 0.1) is 12.8 Å². The molecule has 0 spiro atoms. The topological polar surface area (TPSA) is 55.8 Å². The van der Waals surface area contributed by atoms with Gasteiger partial charge in [-0.2, -0.15) is 0 Å². The summed E-state index contributed by atoms with van der Waals surface area (Å²) in [5, 5.41) is 0. The Hall–Kier alpha value is -2.04. The van der Waals surface area contributed by atoms with Crippen molar-refractivity contribution in [3.8, 4) is 5.75 Å². The molecule has 1 aromatic rings. The lowest BCUT2D eigenvalue weighted by Crippen LogP contribution is -2.47. The van der Waals surface area contributed by atoms with Crippen LogP contribution in [0.3, 0.4) is 0 Å². The summed E-state index contributed by atoms with van der Waals surface area (Å²) in [4.78, 5) is 26.1. The maximum atomic E-state index is 12.5. The van der Waals surface area contributed by atoms with E-state index in [0.29, 0.717) is 25.4 Å². The third kappa shape index (κ3) is 4.71. The Balaban J connectivity index is 1.93. The van der Waals surface area contributed by atoms with Gasteiger partial charge in [-0.1, -0.05) is 17.7 Å². The molecule has 1 fully saturated rings. The highest BCUT2D eigenvalue weighted by atomic mass is 16.5. The number of rotatable bonds is 5. The van der Waals surface area contributed by atoms with E-state index in [0.717, 1.165) is 18.4 Å². The van der Waals surface area contributed by atoms with Gasteiger partial charge in [0.15, 0.2) is 6.10 Å². The van der Waals surface area contributed by atoms with E-state index < -0.39 is 6.10 Å². The van der Waals surface area contributed by atoms with Crippen molar-refractivity contribution in [2.45, 2.75) is 39.7 Å². The SMILES string of the molecule is CCOC(=O)[C@H]1CCCN(C(=O)[C@H](C)Oc2ccc(C)cc2)C1. The summed E-state index contributed by atoms with van der Waals surface area (Å²) in [5.74, 6) is 0.159. The van der Waals surface area contributed by atoms with E-state index in [4.69, 9.17) is 9.47 Å². The van der Waals surface area contributed by atoms with E-state index in [2.05, 4.69) is 0 Å². The van der Waals surface area contributed by atoms with E-state index >= 15 is 0 Å². The van der Waals surface area contributed by atoms with E-state index in [-0.39, 0.29) is 17.8 Å². The molecule has 5 heteroatoms. The van der Waals surface area contributed by atoms with Gasteiger partial charge in [0.2, 0.25) is 0 Å². The molecule has 1 saturated heterocycles. The first-order valence-electron chi connectivity index (χ1n) is 8.20. The van der Waals surface area contributed by atoms with E-state index in [9.17, 15) is 9.59 Å². The average molecular weight is 319 g/mol. The average Bonchev–Trinajstić information content (AvgIpc) is 2.56. The molecule has 5 nitrogen and oxygen atoms in total. The predicted molar refractivity (Wildman–Crippen MR) is 87.2 cm³/mol. The van der Waals surface area contributed by atoms with Crippen molar-refractivity contribution in [2.75, 3.05) is 19.7 Å². The maximum absolute atomic E-state index is 12.5. The van der Waals surface area contributed by atoms with Gasteiger partial charge in [-0.15, -0.1) is 0 Å². The van der Waals surface area contributed by atoms with Crippen molar-refractivity contribution in [1.82, 2.24) is 4.90 Å². The largest absolute Gasteiger partial charge is 0.481 e. The van der Waals surface area contributed by atoms with Crippen LogP contribution in [0.5, 0.6) is 5.75 Å². The molecular formula is C18H25NO4. The van der Waals surface area contributed by atoms with E-state index in [1.165, 1.54) is 0 Å². The molecule has 1 aliphatic rings. The number of aryl methyl sites for hydroxylation is 1. The molecule has 1 amide bonds. The maximum Gasteiger partial charge on any atom is 0.310 e. The molecule has 0 radical (unpaired) electrons. The second-order valence-corrected chi connectivity index (χ2v) is 5.95. The Bertz CT molecular complexity index is 540. The summed E-state index contributed by atoms with van der Waals surface area (Å²) in [5.41, 5.74) is 1.14. The van der Waals surface area contributed by atoms with Crippen LogP contribution < -0.4 is 4.74 Å². The van der Waals surface area contributed by atoms with Crippen LogP contribution in [-0.2, 0) is 14.3 Å². The number of hydrogen-bond acceptors (Lipinski definition) is 4. The molecule has 1 heterocycles. The van der Waals surface area contributed by atoms with E-state index in [1.54, 1.807) is 18.7 Å². The fraction of sp³-hybridized carbons (Fsp3) is 0.556. The minimum Gasteiger partial charge on any atom is -0.481 e. The number of hydrogen-bond donors (Lipinski definition) is 0. The number of carbonyl (C=O) groups is 2. The molecule has 1 aliphatic heterocycles. The molecule has 2 rings (SSSR count). The van der Waals surface area contributed by atoms with Gasteiger partial charge in [0.05, 0.1) is 12.5 Å².